The van der Waals surface area contributed by atoms with Gasteiger partial charge in [0.2, 0.25) is 10.0 Å². The van der Waals surface area contributed by atoms with E-state index in [4.69, 9.17) is 21.3 Å². The predicted octanol–water partition coefficient (Wildman–Crippen LogP) is 2.78. The average molecular weight is 452 g/mol. The Morgan fingerprint density at radius 3 is 2.03 bits per heavy atom. The number of primary sulfonamides is 1. The number of ether oxygens (including phenoxy) is 1. The summed E-state index contributed by atoms with van der Waals surface area (Å²) < 4.78 is 28.0. The maximum atomic E-state index is 11.9. The summed E-state index contributed by atoms with van der Waals surface area (Å²) in [5, 5.41) is 5.14. The summed E-state index contributed by atoms with van der Waals surface area (Å²) >= 11 is 0. The molecular formula is C23H21N3O5S. The van der Waals surface area contributed by atoms with E-state index in [1.165, 1.54) is 19.1 Å². The Hall–Kier alpha value is -3.95. The molecule has 0 unspecified atom stereocenters. The minimum atomic E-state index is -3.83. The van der Waals surface area contributed by atoms with E-state index in [0.29, 0.717) is 22.4 Å². The Labute approximate surface area is 185 Å². The maximum Gasteiger partial charge on any atom is 0.308 e. The predicted molar refractivity (Wildman–Crippen MR) is 123 cm³/mol. The van der Waals surface area contributed by atoms with Crippen molar-refractivity contribution in [2.75, 3.05) is 5.73 Å². The van der Waals surface area contributed by atoms with E-state index in [0.717, 1.165) is 5.56 Å². The van der Waals surface area contributed by atoms with Crippen LogP contribution in [-0.4, -0.2) is 20.3 Å². The number of anilines is 1. The van der Waals surface area contributed by atoms with Gasteiger partial charge in [-0.1, -0.05) is 36.4 Å². The Bertz CT molecular complexity index is 1310. The molecule has 0 bridgehead atoms. The lowest BCUT2D eigenvalue weighted by molar-refractivity contribution is -0.131. The molecule has 0 atom stereocenters. The third-order valence-corrected chi connectivity index (χ3v) is 5.50. The molecule has 0 aliphatic heterocycles. The molecule has 3 rings (SSSR count). The van der Waals surface area contributed by atoms with Gasteiger partial charge in [-0.05, 0) is 53.1 Å². The molecule has 0 aliphatic rings. The van der Waals surface area contributed by atoms with Gasteiger partial charge in [0.15, 0.2) is 0 Å². The number of primary amides is 1. The van der Waals surface area contributed by atoms with Crippen molar-refractivity contribution in [3.63, 3.8) is 0 Å². The molecule has 0 aromatic heterocycles. The summed E-state index contributed by atoms with van der Waals surface area (Å²) in [7, 11) is -3.83. The summed E-state index contributed by atoms with van der Waals surface area (Å²) in [5.41, 5.74) is 14.6. The van der Waals surface area contributed by atoms with Crippen molar-refractivity contribution < 1.29 is 22.7 Å². The van der Waals surface area contributed by atoms with Gasteiger partial charge in [-0.3, -0.25) is 9.59 Å². The van der Waals surface area contributed by atoms with E-state index in [2.05, 4.69) is 0 Å². The smallest absolute Gasteiger partial charge is 0.308 e. The number of rotatable bonds is 6. The van der Waals surface area contributed by atoms with E-state index >= 15 is 0 Å². The molecule has 32 heavy (non-hydrogen) atoms. The number of hydrogen-bond donors (Lipinski definition) is 3. The molecule has 0 spiro atoms. The van der Waals surface area contributed by atoms with Crippen LogP contribution in [0.5, 0.6) is 5.75 Å². The van der Waals surface area contributed by atoms with Gasteiger partial charge in [-0.15, -0.1) is 0 Å². The molecule has 0 aliphatic carbocycles. The fourth-order valence-corrected chi connectivity index (χ4v) is 3.56. The lowest BCUT2D eigenvalue weighted by Gasteiger charge is -2.12. The zero-order chi connectivity index (χ0) is 23.5. The molecule has 0 saturated carbocycles. The van der Waals surface area contributed by atoms with Crippen LogP contribution in [-0.2, 0) is 14.8 Å². The van der Waals surface area contributed by atoms with Crippen molar-refractivity contribution in [1.29, 1.82) is 0 Å². The van der Waals surface area contributed by atoms with Crippen LogP contribution < -0.4 is 21.3 Å². The highest BCUT2D eigenvalue weighted by atomic mass is 32.2. The first-order valence-electron chi connectivity index (χ1n) is 9.38. The van der Waals surface area contributed by atoms with Crippen LogP contribution in [0.3, 0.4) is 0 Å². The van der Waals surface area contributed by atoms with Gasteiger partial charge in [-0.25, -0.2) is 13.6 Å². The maximum absolute atomic E-state index is 11.9. The van der Waals surface area contributed by atoms with Crippen molar-refractivity contribution >= 4 is 39.7 Å². The first kappa shape index (κ1) is 22.7. The van der Waals surface area contributed by atoms with Gasteiger partial charge in [0.05, 0.1) is 16.1 Å². The van der Waals surface area contributed by atoms with E-state index < -0.39 is 21.9 Å². The van der Waals surface area contributed by atoms with Crippen molar-refractivity contribution in [2.45, 2.75) is 11.8 Å². The Balaban J connectivity index is 1.98. The average Bonchev–Trinajstić information content (AvgIpc) is 2.73. The second-order valence-electron chi connectivity index (χ2n) is 6.96. The van der Waals surface area contributed by atoms with E-state index in [9.17, 15) is 18.0 Å². The molecule has 0 radical (unpaired) electrons. The molecule has 9 heteroatoms. The quantitative estimate of drug-likeness (QED) is 0.226. The molecule has 0 fully saturated rings. The Morgan fingerprint density at radius 2 is 1.50 bits per heavy atom. The van der Waals surface area contributed by atoms with Gasteiger partial charge < -0.3 is 16.2 Å². The van der Waals surface area contributed by atoms with Crippen LogP contribution in [0.2, 0.25) is 0 Å². The van der Waals surface area contributed by atoms with Crippen molar-refractivity contribution in [1.82, 2.24) is 0 Å². The minimum Gasteiger partial charge on any atom is -0.427 e. The third kappa shape index (κ3) is 5.39. The highest BCUT2D eigenvalue weighted by molar-refractivity contribution is 7.89. The van der Waals surface area contributed by atoms with E-state index in [-0.39, 0.29) is 16.1 Å². The van der Waals surface area contributed by atoms with Crippen molar-refractivity contribution in [3.8, 4) is 16.9 Å². The summed E-state index contributed by atoms with van der Waals surface area (Å²) in [4.78, 5) is 22.9. The normalized spacial score (nSPS) is 11.4. The standard InChI is InChI=1S/C23H21N3O5S/c1-14(27)31-18-8-4-15(5-9-18)2-3-16-12-20(22(24)21(13-16)23(25)28)17-6-10-19(11-7-17)32(26,29)30/h2-13H,24H2,1H3,(H2,25,28)(H2,26,29,30). The minimum absolute atomic E-state index is 0.0387. The monoisotopic (exact) mass is 451 g/mol. The van der Waals surface area contributed by atoms with Gasteiger partial charge in [0.25, 0.3) is 5.91 Å². The number of sulfonamides is 1. The van der Waals surface area contributed by atoms with E-state index in [1.54, 1.807) is 54.6 Å². The van der Waals surface area contributed by atoms with Crippen LogP contribution in [0.1, 0.15) is 28.4 Å². The number of nitrogen functional groups attached to an aromatic ring is 1. The van der Waals surface area contributed by atoms with Crippen LogP contribution in [0, 0.1) is 0 Å². The van der Waals surface area contributed by atoms with Gasteiger partial charge in [0, 0.05) is 12.5 Å². The molecule has 3 aromatic carbocycles. The first-order valence-corrected chi connectivity index (χ1v) is 10.9. The lowest BCUT2D eigenvalue weighted by Crippen LogP contribution is -2.14. The topological polar surface area (TPSA) is 156 Å². The van der Waals surface area contributed by atoms with Crippen LogP contribution in [0.15, 0.2) is 65.6 Å². The van der Waals surface area contributed by atoms with Gasteiger partial charge in [0.1, 0.15) is 5.75 Å². The molecular weight excluding hydrogens is 430 g/mol. The zero-order valence-corrected chi connectivity index (χ0v) is 17.9. The summed E-state index contributed by atoms with van der Waals surface area (Å²) in [6.07, 6.45) is 3.58. The molecule has 8 nitrogen and oxygen atoms in total. The number of nitrogens with two attached hydrogens (primary N) is 3. The fourth-order valence-electron chi connectivity index (χ4n) is 3.04. The summed E-state index contributed by atoms with van der Waals surface area (Å²) in [6.45, 7) is 1.32. The Morgan fingerprint density at radius 1 is 0.906 bits per heavy atom. The fraction of sp³-hybridized carbons (Fsp3) is 0.0435. The SMILES string of the molecule is CC(=O)Oc1ccc(C=Cc2cc(C(N)=O)c(N)c(-c3ccc(S(N)(=O)=O)cc3)c2)cc1. The number of benzene rings is 3. The highest BCUT2D eigenvalue weighted by Crippen LogP contribution is 2.31. The molecule has 0 saturated heterocycles. The summed E-state index contributed by atoms with van der Waals surface area (Å²) in [5.74, 6) is -0.659. The van der Waals surface area contributed by atoms with Gasteiger partial charge >= 0.3 is 5.97 Å². The summed E-state index contributed by atoms with van der Waals surface area (Å²) in [6, 6.07) is 16.0. The second kappa shape index (κ2) is 9.04. The first-order chi connectivity index (χ1) is 15.0. The van der Waals surface area contributed by atoms with Gasteiger partial charge in [-0.2, -0.15) is 0 Å². The largest absolute Gasteiger partial charge is 0.427 e. The number of amides is 1. The van der Waals surface area contributed by atoms with Crippen LogP contribution in [0.4, 0.5) is 5.69 Å². The van der Waals surface area contributed by atoms with E-state index in [1.807, 2.05) is 6.08 Å². The second-order valence-corrected chi connectivity index (χ2v) is 8.52. The molecule has 1 amide bonds. The molecule has 3 aromatic rings. The van der Waals surface area contributed by atoms with Crippen LogP contribution >= 0.6 is 0 Å². The van der Waals surface area contributed by atoms with Crippen molar-refractivity contribution in [3.05, 3.63) is 77.4 Å². The molecule has 164 valence electrons. The zero-order valence-electron chi connectivity index (χ0n) is 17.1. The third-order valence-electron chi connectivity index (χ3n) is 4.57. The molecule has 6 N–H and O–H groups in total. The number of carbonyl (C=O) groups excluding carboxylic acids is 2. The molecule has 0 heterocycles. The number of carbonyl (C=O) groups is 2. The highest BCUT2D eigenvalue weighted by Gasteiger charge is 2.14. The number of hydrogen-bond acceptors (Lipinski definition) is 6. The van der Waals surface area contributed by atoms with Crippen LogP contribution in [0.25, 0.3) is 23.3 Å². The number of esters is 1. The van der Waals surface area contributed by atoms with Crippen molar-refractivity contribution in [2.24, 2.45) is 10.9 Å². The Kier molecular flexibility index (Phi) is 6.42. The lowest BCUT2D eigenvalue weighted by atomic mass is 9.96.